The first-order valence-electron chi connectivity index (χ1n) is 8.47. The number of halogens is 2. The van der Waals surface area contributed by atoms with E-state index in [0.29, 0.717) is 17.1 Å². The topological polar surface area (TPSA) is 68.3 Å². The molecule has 1 atom stereocenters. The number of nitrogens with zero attached hydrogens (tertiary/aromatic N) is 1. The zero-order chi connectivity index (χ0) is 19.7. The van der Waals surface area contributed by atoms with Crippen LogP contribution in [-0.2, 0) is 22.4 Å². The molecule has 1 aliphatic heterocycles. The minimum Gasteiger partial charge on any atom is -0.448 e. The molecule has 2 heterocycles. The molecule has 0 bridgehead atoms. The van der Waals surface area contributed by atoms with Crippen LogP contribution in [0.5, 0.6) is 0 Å². The summed E-state index contributed by atoms with van der Waals surface area (Å²) >= 11 is 1.28. The number of esters is 1. The van der Waals surface area contributed by atoms with E-state index in [4.69, 9.17) is 4.74 Å². The number of fused-ring (bicyclic) bond motifs is 1. The van der Waals surface area contributed by atoms with Crippen molar-refractivity contribution in [1.82, 2.24) is 4.98 Å². The van der Waals surface area contributed by atoms with Crippen LogP contribution < -0.4 is 5.32 Å². The van der Waals surface area contributed by atoms with Crippen molar-refractivity contribution >= 4 is 28.3 Å². The molecule has 2 aromatic carbocycles. The van der Waals surface area contributed by atoms with Crippen LogP contribution in [-0.4, -0.2) is 23.0 Å². The Balaban J connectivity index is 1.42. The van der Waals surface area contributed by atoms with Gasteiger partial charge < -0.3 is 4.74 Å². The number of rotatable bonds is 4. The second kappa shape index (κ2) is 7.47. The summed E-state index contributed by atoms with van der Waals surface area (Å²) < 4.78 is 31.6. The zero-order valence-corrected chi connectivity index (χ0v) is 15.3. The maximum atomic E-state index is 13.4. The van der Waals surface area contributed by atoms with Crippen molar-refractivity contribution in [2.45, 2.75) is 18.9 Å². The Bertz CT molecular complexity index is 1050. The van der Waals surface area contributed by atoms with Crippen molar-refractivity contribution in [2.24, 2.45) is 0 Å². The number of amides is 1. The lowest BCUT2D eigenvalue weighted by Crippen LogP contribution is -2.38. The summed E-state index contributed by atoms with van der Waals surface area (Å²) in [6.45, 7) is 0. The molecule has 1 amide bonds. The van der Waals surface area contributed by atoms with Gasteiger partial charge >= 0.3 is 5.97 Å². The van der Waals surface area contributed by atoms with Crippen LogP contribution in [0.15, 0.2) is 48.7 Å². The minimum absolute atomic E-state index is 0.0957. The van der Waals surface area contributed by atoms with E-state index in [0.717, 1.165) is 10.4 Å². The lowest BCUT2D eigenvalue weighted by Gasteiger charge is -2.23. The number of ether oxygens (including phenoxy) is 1. The van der Waals surface area contributed by atoms with Crippen LogP contribution >= 0.6 is 11.3 Å². The molecular formula is C20H14F2N2O3S. The lowest BCUT2D eigenvalue weighted by atomic mass is 9.98. The monoisotopic (exact) mass is 400 g/mol. The standard InChI is InChI=1S/C20H14F2N2O3S/c21-13-3-1-11(2-4-13)7-15-10-23-20(28-15)24-18(25)17-9-12-8-14(22)5-6-16(12)19(26)27-17/h1-6,8,10,17H,7,9H2,(H,23,24,25). The number of carbonyl (C=O) groups excluding carboxylic acids is 2. The van der Waals surface area contributed by atoms with Crippen LogP contribution in [0.1, 0.15) is 26.4 Å². The Morgan fingerprint density at radius 3 is 2.71 bits per heavy atom. The number of hydrogen-bond acceptors (Lipinski definition) is 5. The van der Waals surface area contributed by atoms with E-state index < -0.39 is 23.8 Å². The third-order valence-electron chi connectivity index (χ3n) is 4.31. The van der Waals surface area contributed by atoms with Crippen molar-refractivity contribution in [1.29, 1.82) is 0 Å². The zero-order valence-electron chi connectivity index (χ0n) is 14.4. The number of hydrogen-bond donors (Lipinski definition) is 1. The van der Waals surface area contributed by atoms with Gasteiger partial charge in [-0.2, -0.15) is 0 Å². The predicted octanol–water partition coefficient (Wildman–Crippen LogP) is 3.73. The van der Waals surface area contributed by atoms with Gasteiger partial charge in [0.05, 0.1) is 5.56 Å². The van der Waals surface area contributed by atoms with Gasteiger partial charge in [0.25, 0.3) is 5.91 Å². The Labute approximate surface area is 163 Å². The lowest BCUT2D eigenvalue weighted by molar-refractivity contribution is -0.125. The fraction of sp³-hybridized carbons (Fsp3) is 0.150. The number of nitrogens with one attached hydrogen (secondary N) is 1. The highest BCUT2D eigenvalue weighted by Crippen LogP contribution is 2.25. The Morgan fingerprint density at radius 1 is 1.18 bits per heavy atom. The van der Waals surface area contributed by atoms with Gasteiger partial charge in [-0.3, -0.25) is 10.1 Å². The molecule has 0 fully saturated rings. The molecule has 1 unspecified atom stereocenters. The normalized spacial score (nSPS) is 15.6. The predicted molar refractivity (Wildman–Crippen MR) is 99.3 cm³/mol. The van der Waals surface area contributed by atoms with E-state index >= 15 is 0 Å². The van der Waals surface area contributed by atoms with E-state index in [-0.39, 0.29) is 17.8 Å². The summed E-state index contributed by atoms with van der Waals surface area (Å²) in [6.07, 6.45) is 1.23. The van der Waals surface area contributed by atoms with E-state index in [1.807, 2.05) is 0 Å². The number of thiazole rings is 1. The van der Waals surface area contributed by atoms with Gasteiger partial charge in [0.15, 0.2) is 11.2 Å². The number of carbonyl (C=O) groups is 2. The van der Waals surface area contributed by atoms with Crippen LogP contribution in [0.4, 0.5) is 13.9 Å². The highest BCUT2D eigenvalue weighted by Gasteiger charge is 2.32. The van der Waals surface area contributed by atoms with Crippen LogP contribution in [0.25, 0.3) is 0 Å². The molecule has 8 heteroatoms. The van der Waals surface area contributed by atoms with E-state index in [2.05, 4.69) is 10.3 Å². The summed E-state index contributed by atoms with van der Waals surface area (Å²) in [5, 5.41) is 2.99. The molecule has 4 rings (SSSR count). The highest BCUT2D eigenvalue weighted by atomic mass is 32.1. The molecular weight excluding hydrogens is 386 g/mol. The first-order chi connectivity index (χ1) is 13.5. The van der Waals surface area contributed by atoms with Crippen molar-refractivity contribution in [3.63, 3.8) is 0 Å². The van der Waals surface area contributed by atoms with E-state index in [1.54, 1.807) is 18.3 Å². The third kappa shape index (κ3) is 3.91. The molecule has 0 spiro atoms. The van der Waals surface area contributed by atoms with Gasteiger partial charge in [-0.25, -0.2) is 18.6 Å². The Hall–Kier alpha value is -3.13. The number of cyclic esters (lactones) is 1. The summed E-state index contributed by atoms with van der Waals surface area (Å²) in [4.78, 5) is 29.5. The van der Waals surface area contributed by atoms with Crippen LogP contribution in [0.2, 0.25) is 0 Å². The van der Waals surface area contributed by atoms with Gasteiger partial charge in [-0.15, -0.1) is 11.3 Å². The smallest absolute Gasteiger partial charge is 0.339 e. The first kappa shape index (κ1) is 18.2. The molecule has 1 aliphatic rings. The minimum atomic E-state index is -1.05. The maximum Gasteiger partial charge on any atom is 0.339 e. The average Bonchev–Trinajstić information content (AvgIpc) is 3.10. The molecule has 0 saturated heterocycles. The molecule has 1 aromatic heterocycles. The molecule has 5 nitrogen and oxygen atoms in total. The summed E-state index contributed by atoms with van der Waals surface area (Å²) in [5.74, 6) is -1.95. The summed E-state index contributed by atoms with van der Waals surface area (Å²) in [6, 6.07) is 9.91. The van der Waals surface area contributed by atoms with Gasteiger partial charge in [-0.05, 0) is 41.5 Å². The Morgan fingerprint density at radius 2 is 1.93 bits per heavy atom. The number of anilines is 1. The Kier molecular flexibility index (Phi) is 4.87. The van der Waals surface area contributed by atoms with Crippen molar-refractivity contribution in [3.05, 3.63) is 81.9 Å². The summed E-state index contributed by atoms with van der Waals surface area (Å²) in [7, 11) is 0. The fourth-order valence-corrected chi connectivity index (χ4v) is 3.80. The fourth-order valence-electron chi connectivity index (χ4n) is 2.95. The van der Waals surface area contributed by atoms with Gasteiger partial charge in [-0.1, -0.05) is 12.1 Å². The maximum absolute atomic E-state index is 13.4. The van der Waals surface area contributed by atoms with Crippen molar-refractivity contribution in [3.8, 4) is 0 Å². The van der Waals surface area contributed by atoms with Crippen molar-refractivity contribution in [2.75, 3.05) is 5.32 Å². The molecule has 0 radical (unpaired) electrons. The number of aromatic nitrogens is 1. The summed E-state index contributed by atoms with van der Waals surface area (Å²) in [5.41, 5.74) is 1.62. The molecule has 28 heavy (non-hydrogen) atoms. The second-order valence-electron chi connectivity index (χ2n) is 6.32. The second-order valence-corrected chi connectivity index (χ2v) is 7.44. The van der Waals surface area contributed by atoms with E-state index in [9.17, 15) is 18.4 Å². The largest absolute Gasteiger partial charge is 0.448 e. The average molecular weight is 400 g/mol. The van der Waals surface area contributed by atoms with Crippen LogP contribution in [0.3, 0.4) is 0 Å². The quantitative estimate of drug-likeness (QED) is 0.678. The van der Waals surface area contributed by atoms with Crippen LogP contribution in [0, 0.1) is 11.6 Å². The molecule has 0 aliphatic carbocycles. The molecule has 0 saturated carbocycles. The van der Waals surface area contributed by atoms with Gasteiger partial charge in [0.1, 0.15) is 11.6 Å². The van der Waals surface area contributed by atoms with Crippen molar-refractivity contribution < 1.29 is 23.1 Å². The first-order valence-corrected chi connectivity index (χ1v) is 9.29. The van der Waals surface area contributed by atoms with Gasteiger partial charge in [0.2, 0.25) is 0 Å². The molecule has 1 N–H and O–H groups in total. The van der Waals surface area contributed by atoms with Gasteiger partial charge in [0, 0.05) is 23.9 Å². The number of benzene rings is 2. The highest BCUT2D eigenvalue weighted by molar-refractivity contribution is 7.15. The molecule has 142 valence electrons. The SMILES string of the molecule is O=C1OC(C(=O)Nc2ncc(Cc3ccc(F)cc3)s2)Cc2cc(F)ccc21. The van der Waals surface area contributed by atoms with E-state index in [1.165, 1.54) is 41.7 Å². The third-order valence-corrected chi connectivity index (χ3v) is 5.22. The molecule has 3 aromatic rings.